The summed E-state index contributed by atoms with van der Waals surface area (Å²) >= 11 is 1.18. The van der Waals surface area contributed by atoms with Gasteiger partial charge in [-0.1, -0.05) is 48.2 Å². The highest BCUT2D eigenvalue weighted by Crippen LogP contribution is 2.30. The molecule has 36 heavy (non-hydrogen) atoms. The Bertz CT molecular complexity index is 1400. The van der Waals surface area contributed by atoms with Crippen LogP contribution in [-0.2, 0) is 28.7 Å². The molecule has 1 heterocycles. The number of halogens is 3. The SMILES string of the molecule is CCn1c(CC(=O)Nc2cccc(C(F)(F)F)c2)nnc1SCC(=O)Nc1ccc2ccccc2c1. The number of benzene rings is 3. The molecule has 0 spiro atoms. The lowest BCUT2D eigenvalue weighted by Gasteiger charge is -2.10. The van der Waals surface area contributed by atoms with E-state index in [0.717, 1.165) is 22.9 Å². The third-order valence-corrected chi connectivity index (χ3v) is 6.23. The number of rotatable bonds is 8. The Labute approximate surface area is 209 Å². The maximum atomic E-state index is 12.9. The molecule has 11 heteroatoms. The van der Waals surface area contributed by atoms with E-state index >= 15 is 0 Å². The zero-order valence-corrected chi connectivity index (χ0v) is 20.0. The van der Waals surface area contributed by atoms with E-state index in [4.69, 9.17) is 0 Å². The molecule has 7 nitrogen and oxygen atoms in total. The fraction of sp³-hybridized carbons (Fsp3) is 0.200. The summed E-state index contributed by atoms with van der Waals surface area (Å²) in [5.41, 5.74) is -0.127. The second kappa shape index (κ2) is 10.8. The number of aromatic nitrogens is 3. The Morgan fingerprint density at radius 3 is 2.36 bits per heavy atom. The molecule has 0 saturated carbocycles. The maximum Gasteiger partial charge on any atom is 0.416 e. The molecule has 0 aliphatic carbocycles. The van der Waals surface area contributed by atoms with Crippen LogP contribution in [-0.4, -0.2) is 32.3 Å². The van der Waals surface area contributed by atoms with Crippen molar-refractivity contribution in [3.05, 3.63) is 78.1 Å². The van der Waals surface area contributed by atoms with Gasteiger partial charge >= 0.3 is 6.18 Å². The number of amides is 2. The van der Waals surface area contributed by atoms with Crippen molar-refractivity contribution in [2.24, 2.45) is 0 Å². The Balaban J connectivity index is 1.35. The van der Waals surface area contributed by atoms with E-state index < -0.39 is 17.6 Å². The Morgan fingerprint density at radius 2 is 1.61 bits per heavy atom. The Hall–Kier alpha value is -3.86. The average Bonchev–Trinajstić information content (AvgIpc) is 3.23. The smallest absolute Gasteiger partial charge is 0.326 e. The van der Waals surface area contributed by atoms with Gasteiger partial charge in [0.05, 0.1) is 17.7 Å². The van der Waals surface area contributed by atoms with Crippen LogP contribution < -0.4 is 10.6 Å². The molecule has 0 aliphatic heterocycles. The van der Waals surface area contributed by atoms with Gasteiger partial charge in [-0.15, -0.1) is 10.2 Å². The van der Waals surface area contributed by atoms with E-state index in [9.17, 15) is 22.8 Å². The molecule has 3 aromatic carbocycles. The number of hydrogen-bond donors (Lipinski definition) is 2. The molecule has 0 saturated heterocycles. The van der Waals surface area contributed by atoms with Crippen LogP contribution in [0.15, 0.2) is 71.9 Å². The molecule has 0 bridgehead atoms. The van der Waals surface area contributed by atoms with Crippen LogP contribution in [0.5, 0.6) is 0 Å². The zero-order chi connectivity index (χ0) is 25.7. The fourth-order valence-electron chi connectivity index (χ4n) is 3.59. The lowest BCUT2D eigenvalue weighted by Crippen LogP contribution is -2.18. The topological polar surface area (TPSA) is 88.9 Å². The van der Waals surface area contributed by atoms with Gasteiger partial charge in [-0.05, 0) is 48.0 Å². The van der Waals surface area contributed by atoms with Crippen LogP contribution in [0.3, 0.4) is 0 Å². The summed E-state index contributed by atoms with van der Waals surface area (Å²) in [7, 11) is 0. The number of nitrogens with one attached hydrogen (secondary N) is 2. The summed E-state index contributed by atoms with van der Waals surface area (Å²) in [5, 5.41) is 16.0. The molecule has 4 rings (SSSR count). The van der Waals surface area contributed by atoms with Gasteiger partial charge in [0.2, 0.25) is 11.8 Å². The van der Waals surface area contributed by atoms with E-state index in [1.54, 1.807) is 4.57 Å². The summed E-state index contributed by atoms with van der Waals surface area (Å²) in [4.78, 5) is 24.9. The first-order valence-electron chi connectivity index (χ1n) is 11.0. The van der Waals surface area contributed by atoms with Gasteiger partial charge in [-0.2, -0.15) is 13.2 Å². The van der Waals surface area contributed by atoms with Crippen molar-refractivity contribution in [2.75, 3.05) is 16.4 Å². The highest BCUT2D eigenvalue weighted by Gasteiger charge is 2.30. The minimum Gasteiger partial charge on any atom is -0.326 e. The highest BCUT2D eigenvalue weighted by atomic mass is 32.2. The molecule has 0 atom stereocenters. The first kappa shape index (κ1) is 25.2. The summed E-state index contributed by atoms with van der Waals surface area (Å²) in [6.07, 6.45) is -4.68. The molecule has 2 N–H and O–H groups in total. The number of nitrogens with zero attached hydrogens (tertiary/aromatic N) is 3. The second-order valence-corrected chi connectivity index (χ2v) is 8.79. The molecular weight excluding hydrogens is 491 g/mol. The van der Waals surface area contributed by atoms with E-state index in [1.165, 1.54) is 23.9 Å². The second-order valence-electron chi connectivity index (χ2n) is 7.85. The van der Waals surface area contributed by atoms with Gasteiger partial charge in [-0.25, -0.2) is 0 Å². The van der Waals surface area contributed by atoms with Crippen molar-refractivity contribution < 1.29 is 22.8 Å². The lowest BCUT2D eigenvalue weighted by atomic mass is 10.1. The molecule has 2 amide bonds. The number of fused-ring (bicyclic) bond motifs is 1. The highest BCUT2D eigenvalue weighted by molar-refractivity contribution is 7.99. The van der Waals surface area contributed by atoms with E-state index in [2.05, 4.69) is 20.8 Å². The van der Waals surface area contributed by atoms with Crippen LogP contribution in [0.4, 0.5) is 24.5 Å². The predicted molar refractivity (Wildman–Crippen MR) is 133 cm³/mol. The predicted octanol–water partition coefficient (Wildman–Crippen LogP) is 5.38. The molecule has 186 valence electrons. The largest absolute Gasteiger partial charge is 0.416 e. The molecule has 0 radical (unpaired) electrons. The van der Waals surface area contributed by atoms with Gasteiger partial charge < -0.3 is 15.2 Å². The number of carbonyl (C=O) groups is 2. The van der Waals surface area contributed by atoms with Gasteiger partial charge in [0.15, 0.2) is 5.16 Å². The van der Waals surface area contributed by atoms with Crippen molar-refractivity contribution in [2.45, 2.75) is 31.2 Å². The van der Waals surface area contributed by atoms with E-state index in [1.807, 2.05) is 49.4 Å². The van der Waals surface area contributed by atoms with Crippen molar-refractivity contribution in [3.63, 3.8) is 0 Å². The van der Waals surface area contributed by atoms with Crippen molar-refractivity contribution in [1.29, 1.82) is 0 Å². The van der Waals surface area contributed by atoms with Gasteiger partial charge in [0.25, 0.3) is 0 Å². The third-order valence-electron chi connectivity index (χ3n) is 5.27. The van der Waals surface area contributed by atoms with Gasteiger partial charge in [-0.3, -0.25) is 9.59 Å². The van der Waals surface area contributed by atoms with E-state index in [-0.39, 0.29) is 23.8 Å². The summed E-state index contributed by atoms with van der Waals surface area (Å²) < 4.78 is 40.4. The van der Waals surface area contributed by atoms with Crippen molar-refractivity contribution in [1.82, 2.24) is 14.8 Å². The van der Waals surface area contributed by atoms with Gasteiger partial charge in [0.1, 0.15) is 5.82 Å². The van der Waals surface area contributed by atoms with Crippen LogP contribution >= 0.6 is 11.8 Å². The minimum absolute atomic E-state index is 0.0392. The monoisotopic (exact) mass is 513 g/mol. The number of hydrogen-bond acceptors (Lipinski definition) is 5. The molecule has 1 aromatic heterocycles. The quantitative estimate of drug-likeness (QED) is 0.309. The van der Waals surface area contributed by atoms with Crippen LogP contribution in [0.2, 0.25) is 0 Å². The average molecular weight is 514 g/mol. The Kier molecular flexibility index (Phi) is 7.58. The molecule has 0 fully saturated rings. The fourth-order valence-corrected chi connectivity index (χ4v) is 4.41. The molecule has 0 unspecified atom stereocenters. The lowest BCUT2D eigenvalue weighted by molar-refractivity contribution is -0.137. The Morgan fingerprint density at radius 1 is 0.889 bits per heavy atom. The van der Waals surface area contributed by atoms with Crippen LogP contribution in [0.1, 0.15) is 18.3 Å². The van der Waals surface area contributed by atoms with Gasteiger partial charge in [0, 0.05) is 17.9 Å². The summed E-state index contributed by atoms with van der Waals surface area (Å²) in [5.74, 6) is -0.312. The third kappa shape index (κ3) is 6.22. The van der Waals surface area contributed by atoms with Crippen molar-refractivity contribution in [3.8, 4) is 0 Å². The maximum absolute atomic E-state index is 12.9. The minimum atomic E-state index is -4.50. The molecular formula is C25H22F3N5O2S. The normalized spacial score (nSPS) is 11.4. The first-order valence-corrected chi connectivity index (χ1v) is 12.0. The standard InChI is InChI=1S/C25H22F3N5O2S/c1-2-33-21(14-22(34)29-19-9-5-8-18(13-19)25(26,27)28)31-32-24(33)36-15-23(35)30-20-11-10-16-6-3-4-7-17(16)12-20/h3-13H,2,14-15H2,1H3,(H,29,34)(H,30,35). The number of carbonyl (C=O) groups excluding carboxylic acids is 2. The van der Waals surface area contributed by atoms with E-state index in [0.29, 0.717) is 23.2 Å². The summed E-state index contributed by atoms with van der Waals surface area (Å²) in [6.45, 7) is 2.30. The first-order chi connectivity index (χ1) is 17.2. The van der Waals surface area contributed by atoms with Crippen molar-refractivity contribution >= 4 is 45.7 Å². The van der Waals surface area contributed by atoms with Crippen LogP contribution in [0.25, 0.3) is 10.8 Å². The number of thioether (sulfide) groups is 1. The van der Waals surface area contributed by atoms with Crippen LogP contribution in [0, 0.1) is 0 Å². The summed E-state index contributed by atoms with van der Waals surface area (Å²) in [6, 6.07) is 17.9. The molecule has 0 aliphatic rings. The molecule has 4 aromatic rings. The zero-order valence-electron chi connectivity index (χ0n) is 19.2. The number of alkyl halides is 3. The number of anilines is 2.